The summed E-state index contributed by atoms with van der Waals surface area (Å²) in [5.41, 5.74) is 2.31. The fourth-order valence-electron chi connectivity index (χ4n) is 6.22. The van der Waals surface area contributed by atoms with Gasteiger partial charge in [0.25, 0.3) is 0 Å². The van der Waals surface area contributed by atoms with Crippen molar-refractivity contribution < 1.29 is 36.6 Å². The van der Waals surface area contributed by atoms with Crippen LogP contribution in [0.2, 0.25) is 0 Å². The second-order valence-corrected chi connectivity index (χ2v) is 17.2. The molecule has 52 heavy (non-hydrogen) atoms. The normalized spacial score (nSPS) is 22.8. The summed E-state index contributed by atoms with van der Waals surface area (Å²) in [7, 11) is -3.66. The van der Waals surface area contributed by atoms with E-state index >= 15 is 0 Å². The van der Waals surface area contributed by atoms with Gasteiger partial charge in [0.2, 0.25) is 0 Å². The first-order valence-corrected chi connectivity index (χ1v) is 22.3. The zero-order valence-electron chi connectivity index (χ0n) is 33.7. The van der Waals surface area contributed by atoms with Crippen LogP contribution in [0.25, 0.3) is 0 Å². The molecule has 0 bridgehead atoms. The third-order valence-corrected chi connectivity index (χ3v) is 11.4. The van der Waals surface area contributed by atoms with Gasteiger partial charge in [-0.15, -0.1) is 0 Å². The largest absolute Gasteiger partial charge is 0.426 e. The first-order valence-electron chi connectivity index (χ1n) is 20.1. The highest BCUT2D eigenvalue weighted by Crippen LogP contribution is 2.50. The third-order valence-electron chi connectivity index (χ3n) is 8.78. The van der Waals surface area contributed by atoms with Crippen molar-refractivity contribution in [2.45, 2.75) is 182 Å². The number of unbranched alkanes of at least 4 members (excludes halogenated alkanes) is 12. The van der Waals surface area contributed by atoms with Gasteiger partial charge in [-0.3, -0.25) is 18.1 Å². The van der Waals surface area contributed by atoms with E-state index < -0.39 is 28.8 Å². The minimum atomic E-state index is -1.92. The van der Waals surface area contributed by atoms with Crippen molar-refractivity contribution in [3.05, 3.63) is 59.7 Å². The molecule has 1 aliphatic rings. The summed E-state index contributed by atoms with van der Waals surface area (Å²) in [5.74, 6) is -0.553. The van der Waals surface area contributed by atoms with Crippen LogP contribution in [0.5, 0.6) is 11.5 Å². The number of para-hydroxylation sites is 2. The molecular weight excluding hydrogens is 694 g/mol. The van der Waals surface area contributed by atoms with Crippen LogP contribution < -0.4 is 9.05 Å². The Balaban J connectivity index is 1.65. The van der Waals surface area contributed by atoms with Crippen LogP contribution in [0.15, 0.2) is 48.5 Å². The molecule has 3 rings (SSSR count). The Morgan fingerprint density at radius 2 is 0.904 bits per heavy atom. The van der Waals surface area contributed by atoms with Crippen molar-refractivity contribution >= 4 is 17.2 Å². The second kappa shape index (κ2) is 24.9. The van der Waals surface area contributed by atoms with Gasteiger partial charge in [-0.05, 0) is 90.5 Å². The fraction of sp³-hybridized carbons (Fsp3) is 0.714. The first-order chi connectivity index (χ1) is 25.0. The molecule has 0 spiro atoms. The van der Waals surface area contributed by atoms with E-state index in [1.54, 1.807) is 0 Å². The lowest BCUT2D eigenvalue weighted by atomic mass is 10.0. The van der Waals surface area contributed by atoms with E-state index in [1.165, 1.54) is 82.6 Å². The predicted molar refractivity (Wildman–Crippen MR) is 215 cm³/mol. The van der Waals surface area contributed by atoms with Crippen molar-refractivity contribution in [1.29, 1.82) is 0 Å². The summed E-state index contributed by atoms with van der Waals surface area (Å²) in [6, 6.07) is 16.4. The maximum atomic E-state index is 6.53. The Bertz CT molecular complexity index is 1200. The van der Waals surface area contributed by atoms with E-state index in [0.717, 1.165) is 42.7 Å². The predicted octanol–water partition coefficient (Wildman–Crippen LogP) is 13.5. The van der Waals surface area contributed by atoms with Crippen molar-refractivity contribution in [1.82, 2.24) is 0 Å². The van der Waals surface area contributed by atoms with Gasteiger partial charge in [-0.25, -0.2) is 0 Å². The molecule has 2 aromatic rings. The van der Waals surface area contributed by atoms with Gasteiger partial charge < -0.3 is 18.5 Å². The molecule has 2 atom stereocenters. The van der Waals surface area contributed by atoms with Crippen LogP contribution in [0, 0.1) is 0 Å². The average Bonchev–Trinajstić information content (AvgIpc) is 3.08. The molecule has 8 nitrogen and oxygen atoms in total. The molecule has 10 heteroatoms. The van der Waals surface area contributed by atoms with Crippen LogP contribution in [0.4, 0.5) is 0 Å². The number of aryl methyl sites for hydroxylation is 2. The van der Waals surface area contributed by atoms with Crippen molar-refractivity contribution in [3.63, 3.8) is 0 Å². The van der Waals surface area contributed by atoms with Gasteiger partial charge in [-0.1, -0.05) is 127 Å². The monoisotopic (exact) mass is 764 g/mol. The molecule has 1 fully saturated rings. The summed E-state index contributed by atoms with van der Waals surface area (Å²) in [6.07, 6.45) is 18.9. The molecule has 1 heterocycles. The highest BCUT2D eigenvalue weighted by Gasteiger charge is 2.37. The van der Waals surface area contributed by atoms with Crippen LogP contribution >= 0.6 is 17.2 Å². The molecular formula is C42H70O8P2. The van der Waals surface area contributed by atoms with Crippen molar-refractivity contribution in [2.75, 3.05) is 13.2 Å². The summed E-state index contributed by atoms with van der Waals surface area (Å²) in [6.45, 7) is 16.4. The zero-order valence-corrected chi connectivity index (χ0v) is 35.5. The summed E-state index contributed by atoms with van der Waals surface area (Å²) in [4.78, 5) is 0. The Morgan fingerprint density at radius 3 is 1.33 bits per heavy atom. The van der Waals surface area contributed by atoms with Gasteiger partial charge in [0.1, 0.15) is 11.5 Å². The molecule has 0 aliphatic carbocycles. The third kappa shape index (κ3) is 18.8. The van der Waals surface area contributed by atoms with E-state index in [2.05, 4.69) is 38.1 Å². The zero-order chi connectivity index (χ0) is 37.7. The second-order valence-electron chi connectivity index (χ2n) is 15.0. The summed E-state index contributed by atoms with van der Waals surface area (Å²) >= 11 is 0. The minimum absolute atomic E-state index is 0.250. The smallest absolute Gasteiger partial charge is 0.402 e. The summed E-state index contributed by atoms with van der Waals surface area (Å²) < 4.78 is 51.2. The molecule has 1 saturated heterocycles. The standard InChI is InChI=1S/C42H70O8P2/c1-9-11-13-15-17-19-21-27-37-29-23-25-31-39(37)47-51-43-33-35(3)45-41(5,6)49-52(50-42(7,8)46-36(4)34-44-51)48-40-32-26-24-30-38(40)28-22-20-18-16-14-12-10-2/h23-26,29-32,35-36H,9-22,27-28,33-34H2,1-8H3. The summed E-state index contributed by atoms with van der Waals surface area (Å²) in [5, 5.41) is 0. The molecule has 0 saturated carbocycles. The quantitative estimate of drug-likeness (QED) is 0.0975. The SMILES string of the molecule is CCCCCCCCCc1ccccc1OP1OCC(C)OC(C)(C)OP(Oc2ccccc2CCCCCCCCC)OC(C)(C)OC(C)CO1. The Labute approximate surface area is 319 Å². The Morgan fingerprint density at radius 1 is 0.538 bits per heavy atom. The van der Waals surface area contributed by atoms with Gasteiger partial charge >= 0.3 is 17.2 Å². The Hall–Kier alpha value is -1.34. The van der Waals surface area contributed by atoms with E-state index in [-0.39, 0.29) is 25.4 Å². The fourth-order valence-corrected chi connectivity index (χ4v) is 8.66. The molecule has 2 aromatic carbocycles. The number of rotatable bonds is 20. The van der Waals surface area contributed by atoms with Crippen LogP contribution in [0.3, 0.4) is 0 Å². The topological polar surface area (TPSA) is 73.8 Å². The molecule has 2 unspecified atom stereocenters. The van der Waals surface area contributed by atoms with Crippen molar-refractivity contribution in [3.8, 4) is 11.5 Å². The van der Waals surface area contributed by atoms with Gasteiger partial charge in [0.15, 0.2) is 11.6 Å². The number of benzene rings is 2. The van der Waals surface area contributed by atoms with E-state index in [0.29, 0.717) is 0 Å². The Kier molecular flexibility index (Phi) is 21.6. The van der Waals surface area contributed by atoms with E-state index in [4.69, 9.17) is 36.6 Å². The highest BCUT2D eigenvalue weighted by atomic mass is 31.2. The lowest BCUT2D eigenvalue weighted by Crippen LogP contribution is -2.37. The van der Waals surface area contributed by atoms with E-state index in [9.17, 15) is 0 Å². The van der Waals surface area contributed by atoms with Gasteiger partial charge in [-0.2, -0.15) is 0 Å². The van der Waals surface area contributed by atoms with Crippen LogP contribution in [-0.4, -0.2) is 37.0 Å². The molecule has 296 valence electrons. The average molecular weight is 765 g/mol. The van der Waals surface area contributed by atoms with E-state index in [1.807, 2.05) is 65.8 Å². The maximum absolute atomic E-state index is 6.53. The molecule has 0 amide bonds. The molecule has 0 aromatic heterocycles. The van der Waals surface area contributed by atoms with Gasteiger partial charge in [0, 0.05) is 0 Å². The number of hydrogen-bond acceptors (Lipinski definition) is 8. The number of ether oxygens (including phenoxy) is 2. The highest BCUT2D eigenvalue weighted by molar-refractivity contribution is 7.42. The number of hydrogen-bond donors (Lipinski definition) is 0. The molecule has 0 N–H and O–H groups in total. The molecule has 0 radical (unpaired) electrons. The first kappa shape index (κ1) is 45.1. The van der Waals surface area contributed by atoms with Crippen molar-refractivity contribution in [2.24, 2.45) is 0 Å². The molecule has 1 aliphatic heterocycles. The van der Waals surface area contributed by atoms with Gasteiger partial charge in [0.05, 0.1) is 25.4 Å². The lowest BCUT2D eigenvalue weighted by Gasteiger charge is -2.36. The lowest BCUT2D eigenvalue weighted by molar-refractivity contribution is -0.221. The maximum Gasteiger partial charge on any atom is 0.402 e. The van der Waals surface area contributed by atoms with Crippen LogP contribution in [0.1, 0.15) is 156 Å². The van der Waals surface area contributed by atoms with Crippen LogP contribution in [-0.2, 0) is 40.4 Å². The minimum Gasteiger partial charge on any atom is -0.426 e.